The van der Waals surface area contributed by atoms with Crippen LogP contribution in [0.15, 0.2) is 0 Å². The van der Waals surface area contributed by atoms with Gasteiger partial charge in [0.05, 0.1) is 6.04 Å². The molecule has 0 bridgehead atoms. The van der Waals surface area contributed by atoms with Crippen LogP contribution in [-0.4, -0.2) is 46.8 Å². The lowest BCUT2D eigenvalue weighted by molar-refractivity contribution is -0.121. The fourth-order valence-electron chi connectivity index (χ4n) is 1.15. The van der Waals surface area contributed by atoms with Crippen LogP contribution in [0.2, 0.25) is 0 Å². The van der Waals surface area contributed by atoms with Crippen molar-refractivity contribution in [2.24, 2.45) is 5.73 Å². The molecule has 0 heterocycles. The SMILES string of the molecule is [CH2]C(N)C(=O)CN(NC(=O)OC(C)(C)C)C(=O)OC(C)(C)C. The van der Waals surface area contributed by atoms with E-state index in [9.17, 15) is 14.4 Å². The van der Waals surface area contributed by atoms with E-state index in [0.29, 0.717) is 5.01 Å². The summed E-state index contributed by atoms with van der Waals surface area (Å²) < 4.78 is 10.1. The Hall–Kier alpha value is -1.83. The fraction of sp³-hybridized carbons (Fsp3) is 0.714. The van der Waals surface area contributed by atoms with Crippen LogP contribution in [0.25, 0.3) is 0 Å². The Morgan fingerprint density at radius 2 is 1.55 bits per heavy atom. The first-order valence-electron chi connectivity index (χ1n) is 6.83. The van der Waals surface area contributed by atoms with E-state index in [2.05, 4.69) is 12.3 Å². The Balaban J connectivity index is 4.97. The number of Topliss-reactive ketones (excluding diaryl/α,β-unsaturated/α-hetero) is 1. The minimum absolute atomic E-state index is 0.473. The van der Waals surface area contributed by atoms with Crippen LogP contribution < -0.4 is 11.2 Å². The first-order valence-corrected chi connectivity index (χ1v) is 6.83. The maximum Gasteiger partial charge on any atom is 0.429 e. The Bertz CT molecular complexity index is 421. The van der Waals surface area contributed by atoms with Crippen molar-refractivity contribution in [1.82, 2.24) is 10.4 Å². The van der Waals surface area contributed by atoms with Crippen molar-refractivity contribution >= 4 is 18.0 Å². The van der Waals surface area contributed by atoms with Gasteiger partial charge in [0.2, 0.25) is 0 Å². The molecule has 2 amide bonds. The number of carbonyl (C=O) groups is 3. The number of hydrazine groups is 1. The monoisotopic (exact) mass is 316 g/mol. The normalized spacial score (nSPS) is 13.1. The van der Waals surface area contributed by atoms with Gasteiger partial charge < -0.3 is 15.2 Å². The number of rotatable bonds is 3. The number of carbonyl (C=O) groups excluding carboxylic acids is 3. The zero-order valence-corrected chi connectivity index (χ0v) is 14.1. The molecule has 0 aromatic carbocycles. The molecule has 0 saturated heterocycles. The van der Waals surface area contributed by atoms with Gasteiger partial charge in [0.15, 0.2) is 5.78 Å². The van der Waals surface area contributed by atoms with Gasteiger partial charge in [0.1, 0.15) is 17.7 Å². The second kappa shape index (κ2) is 7.44. The average molecular weight is 316 g/mol. The largest absolute Gasteiger partial charge is 0.443 e. The van der Waals surface area contributed by atoms with E-state index in [1.807, 2.05) is 0 Å². The van der Waals surface area contributed by atoms with E-state index in [1.54, 1.807) is 41.5 Å². The minimum atomic E-state index is -1.02. The molecule has 127 valence electrons. The lowest BCUT2D eigenvalue weighted by Gasteiger charge is -2.28. The van der Waals surface area contributed by atoms with E-state index in [4.69, 9.17) is 15.2 Å². The average Bonchev–Trinajstić information content (AvgIpc) is 2.22. The number of amides is 2. The molecule has 0 fully saturated rings. The van der Waals surface area contributed by atoms with Crippen molar-refractivity contribution in [3.05, 3.63) is 6.92 Å². The molecule has 0 aliphatic heterocycles. The number of nitrogens with two attached hydrogens (primary N) is 1. The fourth-order valence-corrected chi connectivity index (χ4v) is 1.15. The van der Waals surface area contributed by atoms with E-state index in [1.165, 1.54) is 0 Å². The van der Waals surface area contributed by atoms with Crippen LogP contribution in [0.1, 0.15) is 41.5 Å². The molecule has 8 heteroatoms. The number of nitrogens with one attached hydrogen (secondary N) is 1. The predicted molar refractivity (Wildman–Crippen MR) is 80.6 cm³/mol. The summed E-state index contributed by atoms with van der Waals surface area (Å²) in [7, 11) is 0. The number of hydrogen-bond donors (Lipinski definition) is 2. The number of ether oxygens (including phenoxy) is 2. The molecule has 0 aromatic heterocycles. The van der Waals surface area contributed by atoms with Gasteiger partial charge in [-0.05, 0) is 48.5 Å². The smallest absolute Gasteiger partial charge is 0.429 e. The van der Waals surface area contributed by atoms with Crippen molar-refractivity contribution in [1.29, 1.82) is 0 Å². The highest BCUT2D eigenvalue weighted by atomic mass is 16.6. The highest BCUT2D eigenvalue weighted by molar-refractivity contribution is 5.89. The minimum Gasteiger partial charge on any atom is -0.443 e. The van der Waals surface area contributed by atoms with Crippen LogP contribution in [-0.2, 0) is 14.3 Å². The first kappa shape index (κ1) is 20.2. The van der Waals surface area contributed by atoms with Gasteiger partial charge in [-0.3, -0.25) is 4.79 Å². The Kier molecular flexibility index (Phi) is 6.82. The lowest BCUT2D eigenvalue weighted by atomic mass is 10.2. The van der Waals surface area contributed by atoms with E-state index in [0.717, 1.165) is 0 Å². The highest BCUT2D eigenvalue weighted by Gasteiger charge is 2.28. The van der Waals surface area contributed by atoms with Gasteiger partial charge in [0, 0.05) is 0 Å². The zero-order valence-electron chi connectivity index (χ0n) is 14.1. The van der Waals surface area contributed by atoms with Gasteiger partial charge in [0.25, 0.3) is 0 Å². The molecule has 0 aromatic rings. The molecule has 3 N–H and O–H groups in total. The van der Waals surface area contributed by atoms with Crippen molar-refractivity contribution in [2.75, 3.05) is 6.54 Å². The summed E-state index contributed by atoms with van der Waals surface area (Å²) in [6.07, 6.45) is -1.78. The summed E-state index contributed by atoms with van der Waals surface area (Å²) in [4.78, 5) is 35.4. The zero-order chi connectivity index (χ0) is 17.7. The number of ketones is 1. The molecule has 0 aliphatic rings. The van der Waals surface area contributed by atoms with Crippen LogP contribution in [0, 0.1) is 6.92 Å². The van der Waals surface area contributed by atoms with Gasteiger partial charge in [-0.15, -0.1) is 0 Å². The molecule has 22 heavy (non-hydrogen) atoms. The Morgan fingerprint density at radius 1 is 1.09 bits per heavy atom. The second-order valence-corrected chi connectivity index (χ2v) is 6.75. The van der Waals surface area contributed by atoms with Gasteiger partial charge in [-0.2, -0.15) is 0 Å². The summed E-state index contributed by atoms with van der Waals surface area (Å²) in [6.45, 7) is 12.9. The molecule has 0 aliphatic carbocycles. The van der Waals surface area contributed by atoms with Gasteiger partial charge in [-0.25, -0.2) is 20.0 Å². The van der Waals surface area contributed by atoms with E-state index in [-0.39, 0.29) is 0 Å². The van der Waals surface area contributed by atoms with Crippen LogP contribution in [0.4, 0.5) is 9.59 Å². The molecular formula is C14H26N3O5. The third-order valence-corrected chi connectivity index (χ3v) is 1.97. The van der Waals surface area contributed by atoms with E-state index >= 15 is 0 Å². The maximum atomic E-state index is 12.0. The first-order chi connectivity index (χ1) is 9.71. The van der Waals surface area contributed by atoms with Crippen molar-refractivity contribution in [2.45, 2.75) is 58.8 Å². The third-order valence-electron chi connectivity index (χ3n) is 1.97. The van der Waals surface area contributed by atoms with Crippen LogP contribution >= 0.6 is 0 Å². The van der Waals surface area contributed by atoms with Gasteiger partial charge >= 0.3 is 12.2 Å². The summed E-state index contributed by atoms with van der Waals surface area (Å²) in [5, 5.41) is 0.715. The van der Waals surface area contributed by atoms with Crippen molar-refractivity contribution < 1.29 is 23.9 Å². The Labute approximate surface area is 131 Å². The summed E-state index contributed by atoms with van der Waals surface area (Å²) in [5.41, 5.74) is 5.99. The second-order valence-electron chi connectivity index (χ2n) is 6.75. The molecule has 0 rings (SSSR count). The Morgan fingerprint density at radius 3 is 1.91 bits per heavy atom. The molecule has 0 saturated carbocycles. The van der Waals surface area contributed by atoms with Gasteiger partial charge in [-0.1, -0.05) is 0 Å². The molecule has 1 atom stereocenters. The standard InChI is InChI=1S/C14H26N3O5/c1-9(15)10(18)8-17(12(20)22-14(5,6)7)16-11(19)21-13(2,3)4/h9H,1,8,15H2,2-7H3,(H,16,19). The summed E-state index contributed by atoms with van der Waals surface area (Å²) >= 11 is 0. The quantitative estimate of drug-likeness (QED) is 0.761. The molecule has 8 nitrogen and oxygen atoms in total. The topological polar surface area (TPSA) is 111 Å². The van der Waals surface area contributed by atoms with Crippen molar-refractivity contribution in [3.8, 4) is 0 Å². The summed E-state index contributed by atoms with van der Waals surface area (Å²) in [5.74, 6) is -0.540. The van der Waals surface area contributed by atoms with Crippen LogP contribution in [0.5, 0.6) is 0 Å². The number of nitrogens with zero attached hydrogens (tertiary/aromatic N) is 1. The van der Waals surface area contributed by atoms with Crippen LogP contribution in [0.3, 0.4) is 0 Å². The molecule has 1 unspecified atom stereocenters. The maximum absolute atomic E-state index is 12.0. The summed E-state index contributed by atoms with van der Waals surface area (Å²) in [6, 6.07) is -1.02. The molecule has 0 spiro atoms. The van der Waals surface area contributed by atoms with E-state index < -0.39 is 41.8 Å². The highest BCUT2D eigenvalue weighted by Crippen LogP contribution is 2.10. The molecular weight excluding hydrogens is 290 g/mol. The number of hydrogen-bond acceptors (Lipinski definition) is 6. The van der Waals surface area contributed by atoms with Crippen molar-refractivity contribution in [3.63, 3.8) is 0 Å². The predicted octanol–water partition coefficient (Wildman–Crippen LogP) is 1.39. The third kappa shape index (κ3) is 9.17. The molecule has 1 radical (unpaired) electrons. The lowest BCUT2D eigenvalue weighted by Crippen LogP contribution is -2.53.